The molecule has 0 aromatic heterocycles. The summed E-state index contributed by atoms with van der Waals surface area (Å²) < 4.78 is 0. The van der Waals surface area contributed by atoms with Crippen molar-refractivity contribution in [1.82, 2.24) is 0 Å². The number of carboxylic acids is 1. The van der Waals surface area contributed by atoms with Crippen molar-refractivity contribution in [3.63, 3.8) is 0 Å². The zero-order chi connectivity index (χ0) is 6.73. The van der Waals surface area contributed by atoms with Crippen molar-refractivity contribution < 1.29 is 34.5 Å². The van der Waals surface area contributed by atoms with E-state index >= 15 is 0 Å². The van der Waals surface area contributed by atoms with E-state index in [0.717, 1.165) is 0 Å². The fourth-order valence-electron chi connectivity index (χ4n) is 0.206. The Balaban J connectivity index is 0. The summed E-state index contributed by atoms with van der Waals surface area (Å²) in [5.41, 5.74) is 4.91. The third-order valence-corrected chi connectivity index (χ3v) is 0.805. The van der Waals surface area contributed by atoms with Crippen LogP contribution in [0.4, 0.5) is 0 Å². The normalized spacial score (nSPS) is 15.4. The fourth-order valence-corrected chi connectivity index (χ4v) is 0.206. The topological polar surface area (TPSA) is 83.5 Å². The molecule has 0 spiro atoms. The summed E-state index contributed by atoms with van der Waals surface area (Å²) >= 11 is 0. The van der Waals surface area contributed by atoms with E-state index in [0.29, 0.717) is 0 Å². The van der Waals surface area contributed by atoms with E-state index in [1.165, 1.54) is 6.92 Å². The van der Waals surface area contributed by atoms with Gasteiger partial charge in [-0.05, 0) is 6.92 Å². The van der Waals surface area contributed by atoms with Crippen molar-refractivity contribution >= 4 is 5.97 Å². The van der Waals surface area contributed by atoms with Crippen LogP contribution in [0, 0.1) is 0 Å². The van der Waals surface area contributed by atoms with Crippen LogP contribution in [0.15, 0.2) is 0 Å². The van der Waals surface area contributed by atoms with Gasteiger partial charge in [0, 0.05) is 0 Å². The predicted molar refractivity (Wildman–Crippen MR) is 27.3 cm³/mol. The van der Waals surface area contributed by atoms with E-state index in [9.17, 15) is 4.79 Å². The molecule has 0 heterocycles. The first-order valence-corrected chi connectivity index (χ1v) is 2.22. The van der Waals surface area contributed by atoms with Gasteiger partial charge in [0.25, 0.3) is 0 Å². The Labute approximate surface area is 65.8 Å². The zero-order valence-corrected chi connectivity index (χ0v) is 8.21. The molecule has 4 nitrogen and oxygen atoms in total. The van der Waals surface area contributed by atoms with Gasteiger partial charge in [0.15, 0.2) is 0 Å². The first-order chi connectivity index (χ1) is 3.55. The molecule has 2 unspecified atom stereocenters. The molecule has 0 aromatic rings. The monoisotopic (exact) mass is 183 g/mol. The van der Waals surface area contributed by atoms with Crippen molar-refractivity contribution in [2.45, 2.75) is 19.1 Å². The van der Waals surface area contributed by atoms with Gasteiger partial charge in [-0.2, -0.15) is 0 Å². The molecule has 0 rings (SSSR count). The van der Waals surface area contributed by atoms with Gasteiger partial charge in [-0.15, -0.1) is 0 Å². The molecule has 0 aromatic carbocycles. The van der Waals surface area contributed by atoms with Gasteiger partial charge in [0.05, 0.1) is 6.10 Å². The molecule has 4 N–H and O–H groups in total. The average molecular weight is 185 g/mol. The molecule has 0 aliphatic heterocycles. The maximum Gasteiger partial charge on any atom is 2.00 e. The summed E-state index contributed by atoms with van der Waals surface area (Å²) in [6.07, 6.45) is -0.979. The number of hydrogen-bond donors (Lipinski definition) is 3. The van der Waals surface area contributed by atoms with Gasteiger partial charge >= 0.3 is 25.4 Å². The number of carbonyl (C=O) groups is 1. The molecule has 0 fully saturated rings. The van der Waals surface area contributed by atoms with Crippen molar-refractivity contribution in [3.05, 3.63) is 0 Å². The molecule has 0 amide bonds. The van der Waals surface area contributed by atoms with Gasteiger partial charge in [-0.25, -0.2) is 0 Å². The molecule has 0 radical (unpaired) electrons. The molecule has 0 saturated heterocycles. The number of aliphatic hydroxyl groups excluding tert-OH is 1. The number of carboxylic acid groups (broad SMARTS) is 1. The van der Waals surface area contributed by atoms with Crippen molar-refractivity contribution in [2.24, 2.45) is 5.73 Å². The molecule has 9 heavy (non-hydrogen) atoms. The summed E-state index contributed by atoms with van der Waals surface area (Å²) in [6, 6.07) is -1.16. The van der Waals surface area contributed by atoms with Crippen LogP contribution >= 0.6 is 0 Å². The summed E-state index contributed by atoms with van der Waals surface area (Å²) in [5, 5.41) is 16.6. The van der Waals surface area contributed by atoms with Crippen molar-refractivity contribution in [1.29, 1.82) is 0 Å². The van der Waals surface area contributed by atoms with Crippen LogP contribution in [0.3, 0.4) is 0 Å². The van der Waals surface area contributed by atoms with Crippen molar-refractivity contribution in [2.75, 3.05) is 0 Å². The average Bonchev–Trinajstić information content (AvgIpc) is 1.64. The van der Waals surface area contributed by atoms with Crippen LogP contribution < -0.4 is 5.73 Å². The van der Waals surface area contributed by atoms with Crippen LogP contribution in [0.1, 0.15) is 6.92 Å². The van der Waals surface area contributed by atoms with E-state index in [-0.39, 0.29) is 19.5 Å². The summed E-state index contributed by atoms with van der Waals surface area (Å²) in [4.78, 5) is 9.86. The molecule has 2 atom stereocenters. The number of aliphatic carboxylic acids is 1. The summed E-state index contributed by atoms with van der Waals surface area (Å²) in [6.45, 7) is 1.33. The van der Waals surface area contributed by atoms with Gasteiger partial charge in [-0.3, -0.25) is 4.79 Å². The number of hydrogen-bond acceptors (Lipinski definition) is 3. The Morgan fingerprint density at radius 2 is 2.00 bits per heavy atom. The van der Waals surface area contributed by atoms with Gasteiger partial charge in [0.2, 0.25) is 0 Å². The van der Waals surface area contributed by atoms with Crippen LogP contribution in [0.2, 0.25) is 0 Å². The molecular formula is C4H9NO3Zn+2. The smallest absolute Gasteiger partial charge is 0.480 e. The molecule has 5 heteroatoms. The molecule has 0 aliphatic carbocycles. The van der Waals surface area contributed by atoms with Crippen LogP contribution in [0.5, 0.6) is 0 Å². The third kappa shape index (κ3) is 4.51. The van der Waals surface area contributed by atoms with Crippen LogP contribution in [-0.2, 0) is 24.3 Å². The minimum Gasteiger partial charge on any atom is -0.480 e. The Hall–Kier alpha value is 0.0134. The van der Waals surface area contributed by atoms with Crippen molar-refractivity contribution in [3.8, 4) is 0 Å². The van der Waals surface area contributed by atoms with Gasteiger partial charge in [-0.1, -0.05) is 0 Å². The second-order valence-electron chi connectivity index (χ2n) is 1.60. The Kier molecular flexibility index (Phi) is 6.34. The second kappa shape index (κ2) is 4.85. The Morgan fingerprint density at radius 1 is 1.67 bits per heavy atom. The minimum atomic E-state index is -1.18. The first-order valence-electron chi connectivity index (χ1n) is 2.22. The number of rotatable bonds is 2. The maximum absolute atomic E-state index is 9.86. The van der Waals surface area contributed by atoms with E-state index in [4.69, 9.17) is 15.9 Å². The van der Waals surface area contributed by atoms with Gasteiger partial charge < -0.3 is 15.9 Å². The van der Waals surface area contributed by atoms with E-state index in [1.54, 1.807) is 0 Å². The van der Waals surface area contributed by atoms with Crippen LogP contribution in [-0.4, -0.2) is 28.3 Å². The molecule has 0 bridgehead atoms. The van der Waals surface area contributed by atoms with E-state index in [1.807, 2.05) is 0 Å². The summed E-state index contributed by atoms with van der Waals surface area (Å²) in [7, 11) is 0. The molecule has 0 aliphatic rings. The van der Waals surface area contributed by atoms with Gasteiger partial charge in [0.1, 0.15) is 6.04 Å². The second-order valence-corrected chi connectivity index (χ2v) is 1.60. The quantitative estimate of drug-likeness (QED) is 0.470. The first kappa shape index (κ1) is 11.8. The Bertz CT molecular complexity index is 95.8. The summed E-state index contributed by atoms with van der Waals surface area (Å²) in [5.74, 6) is -1.18. The maximum atomic E-state index is 9.86. The zero-order valence-electron chi connectivity index (χ0n) is 5.24. The standard InChI is InChI=1S/C4H9NO3.Zn/c1-2(6)3(5)4(7)8;/h2-3,6H,5H2,1H3,(H,7,8);/q;+2. The number of nitrogens with two attached hydrogens (primary N) is 1. The largest absolute Gasteiger partial charge is 2.00 e. The number of aliphatic hydroxyl groups is 1. The third-order valence-electron chi connectivity index (χ3n) is 0.805. The van der Waals surface area contributed by atoms with Crippen LogP contribution in [0.25, 0.3) is 0 Å². The molecule has 48 valence electrons. The minimum absolute atomic E-state index is 0. The fraction of sp³-hybridized carbons (Fsp3) is 0.750. The van der Waals surface area contributed by atoms with E-state index in [2.05, 4.69) is 0 Å². The molecular weight excluding hydrogens is 175 g/mol. The van der Waals surface area contributed by atoms with E-state index < -0.39 is 18.1 Å². The SMILES string of the molecule is CC(O)C(N)C(=O)O.[Zn+2]. The Morgan fingerprint density at radius 3 is 2.00 bits per heavy atom. The predicted octanol–water partition coefficient (Wildman–Crippen LogP) is -1.22. The molecule has 0 saturated carbocycles.